The molecule has 8 heteroatoms. The number of piperidine rings is 1. The zero-order valence-corrected chi connectivity index (χ0v) is 19.8. The molecule has 2 amide bonds. The van der Waals surface area contributed by atoms with Gasteiger partial charge in [-0.2, -0.15) is 4.99 Å². The van der Waals surface area contributed by atoms with E-state index in [4.69, 9.17) is 11.2 Å². The molecule has 0 aliphatic carbocycles. The van der Waals surface area contributed by atoms with Crippen LogP contribution in [0.5, 0.6) is 5.75 Å². The number of ether oxygens (including phenoxy) is 1. The maximum absolute atomic E-state index is 12.6. The molecular formula is C23H29N3O3S2. The first-order valence-corrected chi connectivity index (χ1v) is 12.7. The Morgan fingerprint density at radius 1 is 1.32 bits per heavy atom. The number of thiazole rings is 1. The van der Waals surface area contributed by atoms with Crippen molar-refractivity contribution >= 4 is 45.1 Å². The lowest BCUT2D eigenvalue weighted by atomic mass is 10.0. The average Bonchev–Trinajstić information content (AvgIpc) is 3.10. The fourth-order valence-electron chi connectivity index (χ4n) is 3.84. The Hall–Kier alpha value is -2.24. The van der Waals surface area contributed by atoms with Gasteiger partial charge in [0.2, 0.25) is 5.91 Å². The van der Waals surface area contributed by atoms with Crippen molar-refractivity contribution in [3.63, 3.8) is 0 Å². The van der Waals surface area contributed by atoms with E-state index in [0.717, 1.165) is 41.8 Å². The second kappa shape index (κ2) is 11.4. The number of rotatable bonds is 8. The summed E-state index contributed by atoms with van der Waals surface area (Å²) in [5, 5.41) is 0. The Morgan fingerprint density at radius 3 is 2.90 bits per heavy atom. The van der Waals surface area contributed by atoms with Crippen LogP contribution in [0.15, 0.2) is 23.2 Å². The van der Waals surface area contributed by atoms with E-state index in [2.05, 4.69) is 17.8 Å². The van der Waals surface area contributed by atoms with Crippen molar-refractivity contribution in [2.75, 3.05) is 24.7 Å². The summed E-state index contributed by atoms with van der Waals surface area (Å²) in [5.41, 5.74) is 0.927. The van der Waals surface area contributed by atoms with Gasteiger partial charge in [0.1, 0.15) is 5.75 Å². The highest BCUT2D eigenvalue weighted by Crippen LogP contribution is 2.24. The van der Waals surface area contributed by atoms with Crippen molar-refractivity contribution in [2.24, 2.45) is 4.99 Å². The summed E-state index contributed by atoms with van der Waals surface area (Å²) in [5.74, 6) is 3.76. The van der Waals surface area contributed by atoms with Crippen LogP contribution in [0.2, 0.25) is 0 Å². The molecule has 0 N–H and O–H groups in total. The largest absolute Gasteiger partial charge is 0.494 e. The molecule has 0 saturated carbocycles. The normalized spacial score (nSPS) is 17.0. The predicted molar refractivity (Wildman–Crippen MR) is 127 cm³/mol. The van der Waals surface area contributed by atoms with E-state index >= 15 is 0 Å². The molecule has 1 aliphatic heterocycles. The van der Waals surface area contributed by atoms with E-state index in [1.165, 1.54) is 29.5 Å². The first-order chi connectivity index (χ1) is 15.1. The third-order valence-electron chi connectivity index (χ3n) is 5.30. The topological polar surface area (TPSA) is 63.9 Å². The van der Waals surface area contributed by atoms with Crippen LogP contribution in [0.1, 0.15) is 39.5 Å². The zero-order valence-electron chi connectivity index (χ0n) is 18.1. The molecule has 1 saturated heterocycles. The number of carbonyl (C=O) groups is 2. The van der Waals surface area contributed by atoms with Crippen LogP contribution in [0.25, 0.3) is 10.2 Å². The van der Waals surface area contributed by atoms with Crippen molar-refractivity contribution in [1.82, 2.24) is 9.47 Å². The van der Waals surface area contributed by atoms with Crippen molar-refractivity contribution in [2.45, 2.75) is 52.1 Å². The van der Waals surface area contributed by atoms with Crippen molar-refractivity contribution in [3.8, 4) is 18.1 Å². The molecule has 0 spiro atoms. The summed E-state index contributed by atoms with van der Waals surface area (Å²) in [6, 6.07) is 6.11. The fourth-order valence-corrected chi connectivity index (χ4v) is 5.60. The molecule has 3 rings (SSSR count). The van der Waals surface area contributed by atoms with Crippen molar-refractivity contribution in [3.05, 3.63) is 23.0 Å². The molecule has 2 heterocycles. The summed E-state index contributed by atoms with van der Waals surface area (Å²) < 4.78 is 8.39. The maximum Gasteiger partial charge on any atom is 0.258 e. The second-order valence-electron chi connectivity index (χ2n) is 7.38. The van der Waals surface area contributed by atoms with Crippen LogP contribution in [-0.2, 0) is 16.1 Å². The first-order valence-electron chi connectivity index (χ1n) is 10.7. The standard InChI is InChI=1S/C23H29N3O3S2/c1-4-12-26-19-11-10-18(29-6-3)14-20(19)31-23(26)24-21(27)15-30-16-22(28)25-13-8-7-9-17(25)5-2/h1,10-11,14,17H,5-9,12-13,15-16H2,2-3H3. The van der Waals surface area contributed by atoms with Gasteiger partial charge in [0, 0.05) is 12.6 Å². The lowest BCUT2D eigenvalue weighted by molar-refractivity contribution is -0.132. The number of fused-ring (bicyclic) bond motifs is 1. The Balaban J connectivity index is 1.68. The highest BCUT2D eigenvalue weighted by Gasteiger charge is 2.25. The fraction of sp³-hybridized carbons (Fsp3) is 0.522. The molecule has 31 heavy (non-hydrogen) atoms. The Morgan fingerprint density at radius 2 is 2.16 bits per heavy atom. The number of thioether (sulfide) groups is 1. The van der Waals surface area contributed by atoms with Gasteiger partial charge in [-0.15, -0.1) is 18.2 Å². The van der Waals surface area contributed by atoms with Crippen LogP contribution in [-0.4, -0.2) is 52.0 Å². The van der Waals surface area contributed by atoms with Gasteiger partial charge in [-0.25, -0.2) is 0 Å². The van der Waals surface area contributed by atoms with Gasteiger partial charge >= 0.3 is 0 Å². The third-order valence-corrected chi connectivity index (χ3v) is 7.25. The van der Waals surface area contributed by atoms with Gasteiger partial charge in [0.05, 0.1) is 34.9 Å². The van der Waals surface area contributed by atoms with E-state index in [-0.39, 0.29) is 17.6 Å². The average molecular weight is 460 g/mol. The molecule has 166 valence electrons. The van der Waals surface area contributed by atoms with Gasteiger partial charge in [-0.3, -0.25) is 9.59 Å². The van der Waals surface area contributed by atoms with Crippen LogP contribution in [0, 0.1) is 12.3 Å². The number of carbonyl (C=O) groups excluding carboxylic acids is 2. The summed E-state index contributed by atoms with van der Waals surface area (Å²) in [4.78, 5) is 31.9. The highest BCUT2D eigenvalue weighted by molar-refractivity contribution is 8.00. The molecule has 1 unspecified atom stereocenters. The molecule has 1 aromatic carbocycles. The molecule has 2 aromatic rings. The number of likely N-dealkylation sites (tertiary alicyclic amines) is 1. The molecule has 1 fully saturated rings. The molecular weight excluding hydrogens is 430 g/mol. The molecule has 1 atom stereocenters. The van der Waals surface area contributed by atoms with E-state index in [9.17, 15) is 9.59 Å². The SMILES string of the molecule is C#CCn1c(=NC(=O)CSCC(=O)N2CCCCC2CC)sc2cc(OCC)ccc21. The molecule has 6 nitrogen and oxygen atoms in total. The predicted octanol–water partition coefficient (Wildman–Crippen LogP) is 3.69. The van der Waals surface area contributed by atoms with E-state index in [0.29, 0.717) is 29.7 Å². The number of hydrogen-bond acceptors (Lipinski definition) is 5. The number of aromatic nitrogens is 1. The summed E-state index contributed by atoms with van der Waals surface area (Å²) in [6.45, 7) is 5.81. The molecule has 1 aliphatic rings. The highest BCUT2D eigenvalue weighted by atomic mass is 32.2. The summed E-state index contributed by atoms with van der Waals surface area (Å²) in [7, 11) is 0. The number of terminal acetylenes is 1. The zero-order chi connectivity index (χ0) is 22.2. The van der Waals surface area contributed by atoms with Crippen LogP contribution in [0.4, 0.5) is 0 Å². The van der Waals surface area contributed by atoms with E-state index < -0.39 is 0 Å². The van der Waals surface area contributed by atoms with Gasteiger partial charge < -0.3 is 14.2 Å². The third kappa shape index (κ3) is 5.92. The smallest absolute Gasteiger partial charge is 0.258 e. The van der Waals surface area contributed by atoms with Crippen molar-refractivity contribution in [1.29, 1.82) is 0 Å². The summed E-state index contributed by atoms with van der Waals surface area (Å²) >= 11 is 2.74. The minimum atomic E-state index is -0.258. The second-order valence-corrected chi connectivity index (χ2v) is 9.38. The monoisotopic (exact) mass is 459 g/mol. The molecule has 1 aromatic heterocycles. The minimum Gasteiger partial charge on any atom is -0.494 e. The van der Waals surface area contributed by atoms with E-state index in [1.807, 2.05) is 34.6 Å². The van der Waals surface area contributed by atoms with Crippen LogP contribution < -0.4 is 9.54 Å². The number of hydrogen-bond donors (Lipinski definition) is 0. The number of nitrogens with zero attached hydrogens (tertiary/aromatic N) is 3. The lowest BCUT2D eigenvalue weighted by Crippen LogP contribution is -2.44. The maximum atomic E-state index is 12.6. The lowest BCUT2D eigenvalue weighted by Gasteiger charge is -2.35. The van der Waals surface area contributed by atoms with E-state index in [1.54, 1.807) is 0 Å². The van der Waals surface area contributed by atoms with Gasteiger partial charge in [0.15, 0.2) is 4.80 Å². The van der Waals surface area contributed by atoms with Gasteiger partial charge in [-0.1, -0.05) is 24.2 Å². The Labute approximate surface area is 191 Å². The minimum absolute atomic E-state index is 0.122. The number of amides is 2. The van der Waals surface area contributed by atoms with Gasteiger partial charge in [-0.05, 0) is 50.8 Å². The number of benzene rings is 1. The molecule has 0 radical (unpaired) electrons. The Kier molecular flexibility index (Phi) is 8.61. The first kappa shape index (κ1) is 23.4. The Bertz CT molecular complexity index is 1030. The summed E-state index contributed by atoms with van der Waals surface area (Å²) in [6.07, 6.45) is 9.84. The van der Waals surface area contributed by atoms with Crippen LogP contribution in [0.3, 0.4) is 0 Å². The van der Waals surface area contributed by atoms with Crippen LogP contribution >= 0.6 is 23.1 Å². The molecule has 0 bridgehead atoms. The van der Waals surface area contributed by atoms with Crippen molar-refractivity contribution < 1.29 is 14.3 Å². The van der Waals surface area contributed by atoms with Gasteiger partial charge in [0.25, 0.3) is 5.91 Å². The quantitative estimate of drug-likeness (QED) is 0.565.